The van der Waals surface area contributed by atoms with Crippen molar-refractivity contribution in [3.63, 3.8) is 0 Å². The van der Waals surface area contributed by atoms with Crippen LogP contribution < -0.4 is 10.9 Å². The van der Waals surface area contributed by atoms with Crippen LogP contribution in [0.1, 0.15) is 37.8 Å². The number of aromatic nitrogens is 3. The number of aliphatic hydroxyl groups is 1. The summed E-state index contributed by atoms with van der Waals surface area (Å²) in [4.78, 5) is 22.3. The fraction of sp³-hybridized carbons (Fsp3) is 0.400. The molecule has 0 radical (unpaired) electrons. The Bertz CT molecular complexity index is 1500. The van der Waals surface area contributed by atoms with E-state index in [2.05, 4.69) is 21.2 Å². The monoisotopic (exact) mass is 509 g/mol. The SMILES string of the molecule is C#Cc1cc2cnc(Nc3ccc(S(=O)(=O)N4CCOCC4)cc3)nc2n([C@@H]2CCC[C@@]2(C)O)c1=O. The molecular weight excluding hydrogens is 482 g/mol. The molecule has 0 bridgehead atoms. The average Bonchev–Trinajstić information content (AvgIpc) is 3.23. The van der Waals surface area contributed by atoms with Crippen molar-refractivity contribution in [2.45, 2.75) is 42.7 Å². The van der Waals surface area contributed by atoms with Gasteiger partial charge in [0.1, 0.15) is 5.65 Å². The molecule has 11 heteroatoms. The number of terminal acetylenes is 1. The molecule has 0 spiro atoms. The molecule has 1 saturated carbocycles. The summed E-state index contributed by atoms with van der Waals surface area (Å²) in [5, 5.41) is 14.6. The van der Waals surface area contributed by atoms with Gasteiger partial charge in [0.25, 0.3) is 5.56 Å². The minimum atomic E-state index is -3.60. The molecule has 2 N–H and O–H groups in total. The topological polar surface area (TPSA) is 127 Å². The van der Waals surface area contributed by atoms with Crippen molar-refractivity contribution < 1.29 is 18.3 Å². The number of morpholine rings is 1. The van der Waals surface area contributed by atoms with Crippen molar-refractivity contribution in [3.8, 4) is 12.3 Å². The van der Waals surface area contributed by atoms with Gasteiger partial charge in [0, 0.05) is 30.4 Å². The normalized spacial score (nSPS) is 23.0. The molecule has 188 valence electrons. The third-order valence-electron chi connectivity index (χ3n) is 6.84. The molecule has 36 heavy (non-hydrogen) atoms. The summed E-state index contributed by atoms with van der Waals surface area (Å²) in [5.74, 6) is 2.66. The maximum absolute atomic E-state index is 13.2. The highest BCUT2D eigenvalue weighted by atomic mass is 32.2. The Morgan fingerprint density at radius 2 is 1.97 bits per heavy atom. The highest BCUT2D eigenvalue weighted by molar-refractivity contribution is 7.89. The van der Waals surface area contributed by atoms with E-state index >= 15 is 0 Å². The molecule has 10 nitrogen and oxygen atoms in total. The van der Waals surface area contributed by atoms with Crippen LogP contribution in [0.25, 0.3) is 11.0 Å². The zero-order chi connectivity index (χ0) is 25.5. The van der Waals surface area contributed by atoms with E-state index in [1.807, 2.05) is 0 Å². The molecule has 3 heterocycles. The van der Waals surface area contributed by atoms with Crippen molar-refractivity contribution in [2.24, 2.45) is 0 Å². The quantitative estimate of drug-likeness (QED) is 0.500. The fourth-order valence-electron chi connectivity index (χ4n) is 4.89. The zero-order valence-corrected chi connectivity index (χ0v) is 20.7. The Kier molecular flexibility index (Phi) is 6.30. The molecule has 1 saturated heterocycles. The lowest BCUT2D eigenvalue weighted by Gasteiger charge is -2.28. The molecule has 1 aliphatic heterocycles. The van der Waals surface area contributed by atoms with Gasteiger partial charge in [-0.05, 0) is 56.5 Å². The molecule has 2 fully saturated rings. The van der Waals surface area contributed by atoms with Crippen molar-refractivity contribution in [1.82, 2.24) is 18.8 Å². The van der Waals surface area contributed by atoms with Crippen LogP contribution in [0.2, 0.25) is 0 Å². The van der Waals surface area contributed by atoms with Crippen molar-refractivity contribution in [1.29, 1.82) is 0 Å². The number of ether oxygens (including phenoxy) is 1. The van der Waals surface area contributed by atoms with Gasteiger partial charge in [0.05, 0.1) is 35.3 Å². The van der Waals surface area contributed by atoms with E-state index in [0.717, 1.165) is 6.42 Å². The van der Waals surface area contributed by atoms with Crippen LogP contribution in [0.4, 0.5) is 11.6 Å². The second kappa shape index (κ2) is 9.29. The molecule has 2 atom stereocenters. The average molecular weight is 510 g/mol. The maximum atomic E-state index is 13.2. The van der Waals surface area contributed by atoms with E-state index in [4.69, 9.17) is 11.2 Å². The highest BCUT2D eigenvalue weighted by Gasteiger charge is 2.39. The van der Waals surface area contributed by atoms with Gasteiger partial charge in [-0.3, -0.25) is 9.36 Å². The van der Waals surface area contributed by atoms with Gasteiger partial charge < -0.3 is 15.2 Å². The van der Waals surface area contributed by atoms with Gasteiger partial charge in [0.15, 0.2) is 0 Å². The summed E-state index contributed by atoms with van der Waals surface area (Å²) in [6, 6.07) is 7.44. The fourth-order valence-corrected chi connectivity index (χ4v) is 6.29. The molecule has 0 unspecified atom stereocenters. The zero-order valence-electron chi connectivity index (χ0n) is 19.8. The summed E-state index contributed by atoms with van der Waals surface area (Å²) >= 11 is 0. The molecule has 2 aliphatic rings. The largest absolute Gasteiger partial charge is 0.388 e. The number of nitrogens with zero attached hydrogens (tertiary/aromatic N) is 4. The van der Waals surface area contributed by atoms with E-state index in [0.29, 0.717) is 55.9 Å². The summed E-state index contributed by atoms with van der Waals surface area (Å²) in [6.07, 6.45) is 9.12. The first-order valence-corrected chi connectivity index (χ1v) is 13.2. The predicted octanol–water partition coefficient (Wildman–Crippen LogP) is 2.01. The van der Waals surface area contributed by atoms with Crippen molar-refractivity contribution >= 4 is 32.7 Å². The van der Waals surface area contributed by atoms with E-state index in [1.54, 1.807) is 31.3 Å². The first-order chi connectivity index (χ1) is 17.2. The minimum absolute atomic E-state index is 0.187. The van der Waals surface area contributed by atoms with Crippen LogP contribution in [0.3, 0.4) is 0 Å². The molecular formula is C25H27N5O5S. The van der Waals surface area contributed by atoms with Crippen LogP contribution in [-0.2, 0) is 14.8 Å². The molecule has 3 aromatic rings. The van der Waals surface area contributed by atoms with E-state index in [1.165, 1.54) is 21.0 Å². The third kappa shape index (κ3) is 4.37. The van der Waals surface area contributed by atoms with Crippen LogP contribution in [0.5, 0.6) is 0 Å². The highest BCUT2D eigenvalue weighted by Crippen LogP contribution is 2.39. The molecule has 2 aromatic heterocycles. The number of benzene rings is 1. The Morgan fingerprint density at radius 1 is 1.25 bits per heavy atom. The van der Waals surface area contributed by atoms with E-state index < -0.39 is 21.7 Å². The second-order valence-electron chi connectivity index (χ2n) is 9.28. The van der Waals surface area contributed by atoms with Gasteiger partial charge in [-0.25, -0.2) is 13.4 Å². The first kappa shape index (κ1) is 24.4. The smallest absolute Gasteiger partial charge is 0.268 e. The van der Waals surface area contributed by atoms with Crippen LogP contribution in [-0.4, -0.2) is 64.3 Å². The van der Waals surface area contributed by atoms with Gasteiger partial charge in [-0.2, -0.15) is 9.29 Å². The first-order valence-electron chi connectivity index (χ1n) is 11.8. The number of rotatable bonds is 5. The van der Waals surface area contributed by atoms with E-state index in [9.17, 15) is 18.3 Å². The minimum Gasteiger partial charge on any atom is -0.388 e. The van der Waals surface area contributed by atoms with Crippen molar-refractivity contribution in [3.05, 3.63) is 52.4 Å². The lowest BCUT2D eigenvalue weighted by atomic mass is 9.99. The van der Waals surface area contributed by atoms with Crippen LogP contribution in [0.15, 0.2) is 46.2 Å². The summed E-state index contributed by atoms with van der Waals surface area (Å²) < 4.78 is 33.9. The number of hydrogen-bond donors (Lipinski definition) is 2. The maximum Gasteiger partial charge on any atom is 0.268 e. The molecule has 0 amide bonds. The lowest BCUT2D eigenvalue weighted by molar-refractivity contribution is 0.0266. The Hall–Kier alpha value is -3.30. The Balaban J connectivity index is 1.48. The number of hydrogen-bond acceptors (Lipinski definition) is 8. The molecule has 5 rings (SSSR count). The van der Waals surface area contributed by atoms with Crippen LogP contribution in [0, 0.1) is 12.3 Å². The lowest BCUT2D eigenvalue weighted by Crippen LogP contribution is -2.40. The van der Waals surface area contributed by atoms with Gasteiger partial charge >= 0.3 is 0 Å². The number of nitrogens with one attached hydrogen (secondary N) is 1. The number of sulfonamides is 1. The van der Waals surface area contributed by atoms with Gasteiger partial charge in [-0.15, -0.1) is 6.42 Å². The van der Waals surface area contributed by atoms with Gasteiger partial charge in [0.2, 0.25) is 16.0 Å². The standard InChI is InChI=1S/C25H27N5O5S/c1-3-17-15-18-16-26-24(28-22(18)30(23(17)31)21-5-4-10-25(21,2)32)27-19-6-8-20(9-7-19)36(33,34)29-11-13-35-14-12-29/h1,6-9,15-16,21,32H,4-5,10-14H2,2H3,(H,26,27,28)/t21-,25-/m1/s1. The van der Waals surface area contributed by atoms with E-state index in [-0.39, 0.29) is 22.0 Å². The number of fused-ring (bicyclic) bond motifs is 1. The predicted molar refractivity (Wildman–Crippen MR) is 135 cm³/mol. The molecule has 1 aromatic carbocycles. The number of anilines is 2. The van der Waals surface area contributed by atoms with Crippen LogP contribution >= 0.6 is 0 Å². The number of pyridine rings is 1. The third-order valence-corrected chi connectivity index (χ3v) is 8.75. The summed E-state index contributed by atoms with van der Waals surface area (Å²) in [6.45, 7) is 3.12. The second-order valence-corrected chi connectivity index (χ2v) is 11.2. The Labute approximate surface area is 209 Å². The van der Waals surface area contributed by atoms with Gasteiger partial charge in [-0.1, -0.05) is 5.92 Å². The Morgan fingerprint density at radius 3 is 2.61 bits per heavy atom. The van der Waals surface area contributed by atoms with Crippen molar-refractivity contribution in [2.75, 3.05) is 31.6 Å². The summed E-state index contributed by atoms with van der Waals surface area (Å²) in [5.41, 5.74) is -0.303. The molecule has 1 aliphatic carbocycles. The summed E-state index contributed by atoms with van der Waals surface area (Å²) in [7, 11) is -3.60.